The molecular formula is C36H51NO10. The Balaban J connectivity index is 1.14. The minimum Gasteiger partial charge on any atom is -0.493 e. The third kappa shape index (κ3) is 3.91. The number of carbonyl (C=O) groups excluding carboxylic acids is 1. The highest BCUT2D eigenvalue weighted by atomic mass is 16.7. The van der Waals surface area contributed by atoms with E-state index in [9.17, 15) is 30.3 Å². The second-order valence-corrected chi connectivity index (χ2v) is 16.5. The molecule has 8 rings (SSSR count). The van der Waals surface area contributed by atoms with Crippen molar-refractivity contribution in [3.05, 3.63) is 23.8 Å². The molecule has 7 aliphatic rings. The maximum absolute atomic E-state index is 13.5. The van der Waals surface area contributed by atoms with Gasteiger partial charge in [0.25, 0.3) is 0 Å². The van der Waals surface area contributed by atoms with Crippen LogP contribution in [0.1, 0.15) is 76.1 Å². The summed E-state index contributed by atoms with van der Waals surface area (Å²) >= 11 is 0. The lowest BCUT2D eigenvalue weighted by molar-refractivity contribution is -0.290. The van der Waals surface area contributed by atoms with Crippen molar-refractivity contribution in [1.82, 2.24) is 4.90 Å². The van der Waals surface area contributed by atoms with E-state index in [0.29, 0.717) is 56.1 Å². The fourth-order valence-corrected chi connectivity index (χ4v) is 12.7. The lowest BCUT2D eigenvalue weighted by Gasteiger charge is -2.63. The van der Waals surface area contributed by atoms with Crippen LogP contribution in [0, 0.1) is 40.9 Å². The summed E-state index contributed by atoms with van der Waals surface area (Å²) in [4.78, 5) is 15.8. The number of nitrogens with zero attached hydrogens (tertiary/aromatic N) is 1. The van der Waals surface area contributed by atoms with Crippen molar-refractivity contribution >= 4 is 5.97 Å². The number of piperidine rings is 2. The fourth-order valence-electron chi connectivity index (χ4n) is 12.7. The first-order chi connectivity index (χ1) is 22.2. The molecule has 3 heterocycles. The highest BCUT2D eigenvalue weighted by Crippen LogP contribution is 2.77. The van der Waals surface area contributed by atoms with Crippen LogP contribution < -0.4 is 9.47 Å². The number of hydrogen-bond donors (Lipinski definition) is 5. The van der Waals surface area contributed by atoms with E-state index in [1.807, 2.05) is 0 Å². The molecule has 4 bridgehead atoms. The zero-order valence-electron chi connectivity index (χ0n) is 28.1. The van der Waals surface area contributed by atoms with Gasteiger partial charge in [-0.2, -0.15) is 0 Å². The molecule has 5 N–H and O–H groups in total. The van der Waals surface area contributed by atoms with Gasteiger partial charge >= 0.3 is 5.97 Å². The molecule has 0 aromatic heterocycles. The lowest BCUT2D eigenvalue weighted by Crippen LogP contribution is -2.76. The van der Waals surface area contributed by atoms with Crippen LogP contribution >= 0.6 is 0 Å². The van der Waals surface area contributed by atoms with E-state index < -0.39 is 70.0 Å². The van der Waals surface area contributed by atoms with E-state index in [1.54, 1.807) is 25.1 Å². The number of hydrogen-bond acceptors (Lipinski definition) is 11. The molecule has 1 aromatic rings. The summed E-state index contributed by atoms with van der Waals surface area (Å²) in [5.74, 6) is -3.32. The van der Waals surface area contributed by atoms with Crippen LogP contribution in [0.25, 0.3) is 0 Å². The highest BCUT2D eigenvalue weighted by molar-refractivity contribution is 5.90. The normalized spacial score (nSPS) is 52.9. The number of rotatable bonds is 4. The quantitative estimate of drug-likeness (QED) is 0.302. The van der Waals surface area contributed by atoms with Crippen molar-refractivity contribution in [1.29, 1.82) is 0 Å². The molecule has 0 radical (unpaired) electrons. The first-order valence-electron chi connectivity index (χ1n) is 17.6. The van der Waals surface area contributed by atoms with Crippen molar-refractivity contribution in [2.75, 3.05) is 27.3 Å². The molecule has 47 heavy (non-hydrogen) atoms. The van der Waals surface area contributed by atoms with Crippen LogP contribution in [0.2, 0.25) is 0 Å². The van der Waals surface area contributed by atoms with E-state index in [0.717, 1.165) is 19.4 Å². The summed E-state index contributed by atoms with van der Waals surface area (Å²) in [5.41, 5.74) is -4.24. The van der Waals surface area contributed by atoms with Gasteiger partial charge in [0.2, 0.25) is 5.79 Å². The summed E-state index contributed by atoms with van der Waals surface area (Å²) in [6.45, 7) is 7.60. The maximum Gasteiger partial charge on any atom is 0.338 e. The summed E-state index contributed by atoms with van der Waals surface area (Å²) in [6.07, 6.45) is 0.454. The SMILES string of the molecule is COc1ccc(C(=O)O[C@H]2CC[C@@]3(C)C4CCC5[C@@]6(O)C(C[C@]53O[C@@]42O)C2CN3C[C@@H](C)CC[C@H]3[C@@](C)(O)C2[C@@H](O)[C@@H]6O)cc1OC. The Kier molecular flexibility index (Phi) is 7.05. The Bertz CT molecular complexity index is 1450. The third-order valence-electron chi connectivity index (χ3n) is 14.7. The summed E-state index contributed by atoms with van der Waals surface area (Å²) < 4.78 is 23.7. The maximum atomic E-state index is 13.5. The molecule has 4 saturated carbocycles. The van der Waals surface area contributed by atoms with E-state index in [-0.39, 0.29) is 23.4 Å². The second-order valence-electron chi connectivity index (χ2n) is 16.5. The van der Waals surface area contributed by atoms with Crippen LogP contribution in [0.4, 0.5) is 0 Å². The zero-order chi connectivity index (χ0) is 33.5. The highest BCUT2D eigenvalue weighted by Gasteiger charge is 2.85. The average molecular weight is 658 g/mol. The smallest absolute Gasteiger partial charge is 0.338 e. The molecule has 4 aliphatic carbocycles. The number of fused-ring (bicyclic) bond motifs is 5. The first kappa shape index (κ1) is 32.2. The number of carbonyl (C=O) groups is 1. The molecule has 11 heteroatoms. The van der Waals surface area contributed by atoms with Gasteiger partial charge in [0.05, 0.1) is 37.1 Å². The van der Waals surface area contributed by atoms with Gasteiger partial charge in [0, 0.05) is 42.3 Å². The van der Waals surface area contributed by atoms with Gasteiger partial charge in [-0.3, -0.25) is 4.90 Å². The molecule has 15 atom stereocenters. The molecule has 3 saturated heterocycles. The molecule has 260 valence electrons. The number of ether oxygens (including phenoxy) is 4. The molecule has 3 aliphatic heterocycles. The molecule has 7 fully saturated rings. The van der Waals surface area contributed by atoms with E-state index in [4.69, 9.17) is 18.9 Å². The van der Waals surface area contributed by atoms with Crippen molar-refractivity contribution in [3.8, 4) is 11.5 Å². The molecule has 11 nitrogen and oxygen atoms in total. The zero-order valence-corrected chi connectivity index (χ0v) is 28.1. The Morgan fingerprint density at radius 1 is 0.957 bits per heavy atom. The van der Waals surface area contributed by atoms with Crippen LogP contribution in [0.5, 0.6) is 11.5 Å². The lowest BCUT2D eigenvalue weighted by atomic mass is 9.49. The van der Waals surface area contributed by atoms with Gasteiger partial charge in [-0.1, -0.05) is 13.8 Å². The van der Waals surface area contributed by atoms with Crippen LogP contribution in [-0.4, -0.2) is 111 Å². The number of aliphatic hydroxyl groups excluding tert-OH is 2. The summed E-state index contributed by atoms with van der Waals surface area (Å²) in [6, 6.07) is 4.65. The van der Waals surface area contributed by atoms with Crippen molar-refractivity contribution in [2.24, 2.45) is 40.9 Å². The van der Waals surface area contributed by atoms with Crippen LogP contribution in [0.15, 0.2) is 18.2 Å². The Hall–Kier alpha value is -1.99. The van der Waals surface area contributed by atoms with Gasteiger partial charge in [-0.25, -0.2) is 4.79 Å². The Labute approximate surface area is 276 Å². The minimum atomic E-state index is -1.79. The number of esters is 1. The summed E-state index contributed by atoms with van der Waals surface area (Å²) in [5, 5.41) is 61.1. The van der Waals surface area contributed by atoms with E-state index in [1.165, 1.54) is 14.2 Å². The number of benzene rings is 1. The summed E-state index contributed by atoms with van der Waals surface area (Å²) in [7, 11) is 3.01. The molecule has 5 unspecified atom stereocenters. The van der Waals surface area contributed by atoms with Crippen molar-refractivity contribution in [2.45, 2.75) is 113 Å². The molecular weight excluding hydrogens is 606 g/mol. The standard InChI is InChI=1S/C36H51NO10/c1-18-6-11-26-33(3,41)28-20(17-37(26)16-18)21-15-34-25(35(21,42)30(39)29(28)38)10-9-24-32(34,2)13-12-27(36(24,43)47-34)46-31(40)19-7-8-22(44-4)23(14-19)45-5/h7-8,14,18,20-21,24-30,38-39,41-43H,6,9-13,15-17H2,1-5H3/t18-,20?,21?,24?,25?,26-,27-,28?,29+,30-,32-,33+,34-,35-,36-/m0/s1. The molecule has 0 amide bonds. The van der Waals surface area contributed by atoms with E-state index >= 15 is 0 Å². The van der Waals surface area contributed by atoms with Crippen LogP contribution in [-0.2, 0) is 9.47 Å². The first-order valence-corrected chi connectivity index (χ1v) is 17.6. The van der Waals surface area contributed by atoms with Gasteiger partial charge < -0.3 is 44.5 Å². The minimum absolute atomic E-state index is 0.125. The number of aliphatic hydroxyl groups is 5. The molecule has 1 aromatic carbocycles. The van der Waals surface area contributed by atoms with E-state index in [2.05, 4.69) is 18.7 Å². The topological polar surface area (TPSA) is 158 Å². The largest absolute Gasteiger partial charge is 0.493 e. The van der Waals surface area contributed by atoms with Crippen molar-refractivity contribution < 1.29 is 49.3 Å². The monoisotopic (exact) mass is 657 g/mol. The Morgan fingerprint density at radius 3 is 2.40 bits per heavy atom. The van der Waals surface area contributed by atoms with Gasteiger partial charge in [0.1, 0.15) is 11.7 Å². The predicted octanol–water partition coefficient (Wildman–Crippen LogP) is 2.10. The third-order valence-corrected chi connectivity index (χ3v) is 14.7. The second kappa shape index (κ2) is 10.3. The van der Waals surface area contributed by atoms with Crippen molar-refractivity contribution in [3.63, 3.8) is 0 Å². The van der Waals surface area contributed by atoms with Gasteiger partial charge in [0.15, 0.2) is 17.6 Å². The Morgan fingerprint density at radius 2 is 1.68 bits per heavy atom. The number of methoxy groups -OCH3 is 2. The average Bonchev–Trinajstić information content (AvgIpc) is 3.28. The predicted molar refractivity (Wildman–Crippen MR) is 168 cm³/mol. The van der Waals surface area contributed by atoms with Gasteiger partial charge in [-0.05, 0) is 87.8 Å². The van der Waals surface area contributed by atoms with Crippen LogP contribution in [0.3, 0.4) is 0 Å². The fraction of sp³-hybridized carbons (Fsp3) is 0.806. The van der Waals surface area contributed by atoms with Gasteiger partial charge in [-0.15, -0.1) is 0 Å². The molecule has 1 spiro atoms.